The molecule has 2 saturated heterocycles. The zero-order valence-corrected chi connectivity index (χ0v) is 19.9. The standard InChI is InChI=1S/C25H40N2O2S/c1-25-10-8-24-20(5-4-19-14-18(16-29-2)9-13-30(19,24)3)21(25)6-7-22(25)23(28)15-27-12-11-26-17-27/h11-12,17-22,24H,4-10,13-16H2,1-3H3/t18?,19?,20?,21?,22-,24?,25?/m1/s1. The number of nitrogens with zero attached hydrogens (tertiary/aromatic N) is 2. The van der Waals surface area contributed by atoms with Gasteiger partial charge in [0.25, 0.3) is 0 Å². The highest BCUT2D eigenvalue weighted by atomic mass is 32.3. The van der Waals surface area contributed by atoms with Gasteiger partial charge in [0, 0.05) is 32.0 Å². The Labute approximate surface area is 183 Å². The van der Waals surface area contributed by atoms with Crippen LogP contribution in [-0.2, 0) is 16.1 Å². The van der Waals surface area contributed by atoms with Gasteiger partial charge < -0.3 is 9.30 Å². The Bertz CT molecular complexity index is 767. The minimum Gasteiger partial charge on any atom is -0.384 e. The molecule has 0 spiro atoms. The Morgan fingerprint density at radius 1 is 1.23 bits per heavy atom. The van der Waals surface area contributed by atoms with Crippen LogP contribution in [0.2, 0.25) is 0 Å². The SMILES string of the molecule is COCC1CCS2(C)C(CCC3C4CC[C@H](C(=O)Cn5ccnc5)C4(C)CCC32)C1. The summed E-state index contributed by atoms with van der Waals surface area (Å²) in [6.45, 7) is 3.95. The van der Waals surface area contributed by atoms with Gasteiger partial charge in [-0.3, -0.25) is 4.79 Å². The maximum absolute atomic E-state index is 13.3. The highest BCUT2D eigenvalue weighted by molar-refractivity contribution is 8.34. The number of carbonyl (C=O) groups is 1. The summed E-state index contributed by atoms with van der Waals surface area (Å²) in [5.41, 5.74) is 0.231. The molecule has 168 valence electrons. The molecule has 1 aromatic heterocycles. The van der Waals surface area contributed by atoms with Crippen LogP contribution < -0.4 is 0 Å². The van der Waals surface area contributed by atoms with Gasteiger partial charge in [0.05, 0.1) is 12.9 Å². The number of rotatable bonds is 5. The molecule has 2 aliphatic heterocycles. The predicted molar refractivity (Wildman–Crippen MR) is 124 cm³/mol. The third-order valence-corrected chi connectivity index (χ3v) is 14.9. The lowest BCUT2D eigenvalue weighted by molar-refractivity contribution is -0.128. The number of carbonyl (C=O) groups excluding carboxylic acids is 1. The number of ketones is 1. The fourth-order valence-corrected chi connectivity index (χ4v) is 13.5. The van der Waals surface area contributed by atoms with E-state index in [0.717, 1.165) is 41.3 Å². The van der Waals surface area contributed by atoms with Gasteiger partial charge in [-0.25, -0.2) is 15.0 Å². The Morgan fingerprint density at radius 3 is 2.87 bits per heavy atom. The predicted octanol–water partition coefficient (Wildman–Crippen LogP) is 4.92. The summed E-state index contributed by atoms with van der Waals surface area (Å²) < 4.78 is 7.47. The Morgan fingerprint density at radius 2 is 2.10 bits per heavy atom. The monoisotopic (exact) mass is 432 g/mol. The molecule has 1 aromatic rings. The maximum Gasteiger partial charge on any atom is 0.156 e. The molecule has 5 heteroatoms. The van der Waals surface area contributed by atoms with E-state index in [1.54, 1.807) is 12.5 Å². The van der Waals surface area contributed by atoms with Gasteiger partial charge in [-0.15, -0.1) is 0 Å². The van der Waals surface area contributed by atoms with Crippen molar-refractivity contribution in [2.45, 2.75) is 75.3 Å². The van der Waals surface area contributed by atoms with E-state index in [0.29, 0.717) is 12.3 Å². The normalized spacial score (nSPS) is 47.6. The van der Waals surface area contributed by atoms with Gasteiger partial charge >= 0.3 is 0 Å². The van der Waals surface area contributed by atoms with Crippen molar-refractivity contribution in [3.05, 3.63) is 18.7 Å². The second kappa shape index (κ2) is 7.95. The average molecular weight is 433 g/mol. The third-order valence-electron chi connectivity index (χ3n) is 9.90. The van der Waals surface area contributed by atoms with Gasteiger partial charge in [0.1, 0.15) is 0 Å². The van der Waals surface area contributed by atoms with Crippen LogP contribution >= 0.6 is 10.0 Å². The summed E-state index contributed by atoms with van der Waals surface area (Å²) in [4.78, 5) is 17.4. The first kappa shape index (κ1) is 21.1. The van der Waals surface area contributed by atoms with Crippen molar-refractivity contribution in [2.75, 3.05) is 25.7 Å². The first-order valence-electron chi connectivity index (χ1n) is 12.2. The molecule has 0 amide bonds. The van der Waals surface area contributed by atoms with E-state index >= 15 is 0 Å². The fourth-order valence-electron chi connectivity index (χ4n) is 8.36. The molecular formula is C25H40N2O2S. The molecule has 2 saturated carbocycles. The molecule has 4 aliphatic rings. The van der Waals surface area contributed by atoms with Crippen LogP contribution in [0.5, 0.6) is 0 Å². The van der Waals surface area contributed by atoms with Crippen molar-refractivity contribution >= 4 is 15.8 Å². The number of fused-ring (bicyclic) bond motifs is 5. The Balaban J connectivity index is 1.32. The number of aromatic nitrogens is 2. The zero-order chi connectivity index (χ0) is 20.9. The molecule has 2 aliphatic carbocycles. The minimum absolute atomic E-state index is 0.231. The summed E-state index contributed by atoms with van der Waals surface area (Å²) in [7, 11) is 1.33. The summed E-state index contributed by atoms with van der Waals surface area (Å²) in [6, 6.07) is 0. The van der Waals surface area contributed by atoms with E-state index < -0.39 is 10.0 Å². The van der Waals surface area contributed by atoms with Crippen molar-refractivity contribution in [2.24, 2.45) is 29.1 Å². The highest BCUT2D eigenvalue weighted by Crippen LogP contribution is 2.72. The minimum atomic E-state index is -0.531. The number of ether oxygens (including phenoxy) is 1. The number of Topliss-reactive ketones (excluding diaryl/α,β-unsaturated/α-hetero) is 1. The van der Waals surface area contributed by atoms with Crippen molar-refractivity contribution in [3.8, 4) is 0 Å². The van der Waals surface area contributed by atoms with Crippen LogP contribution in [-0.4, -0.2) is 51.6 Å². The van der Waals surface area contributed by atoms with E-state index in [1.807, 2.05) is 17.9 Å². The molecule has 5 rings (SSSR count). The van der Waals surface area contributed by atoms with Crippen LogP contribution in [0, 0.1) is 29.1 Å². The second-order valence-electron chi connectivity index (χ2n) is 11.2. The van der Waals surface area contributed by atoms with E-state index in [-0.39, 0.29) is 11.3 Å². The lowest BCUT2D eigenvalue weighted by atomic mass is 9.59. The Hall–Kier alpha value is -0.810. The molecule has 0 radical (unpaired) electrons. The van der Waals surface area contributed by atoms with Gasteiger partial charge in [0.15, 0.2) is 5.78 Å². The van der Waals surface area contributed by atoms with Crippen molar-refractivity contribution in [3.63, 3.8) is 0 Å². The molecular weight excluding hydrogens is 392 g/mol. The van der Waals surface area contributed by atoms with Crippen LogP contribution in [0.3, 0.4) is 0 Å². The molecule has 0 bridgehead atoms. The summed E-state index contributed by atoms with van der Waals surface area (Å²) in [5.74, 6) is 4.62. The molecule has 0 aromatic carbocycles. The lowest BCUT2D eigenvalue weighted by Crippen LogP contribution is -2.52. The third kappa shape index (κ3) is 3.30. The van der Waals surface area contributed by atoms with Gasteiger partial charge in [-0.05, 0) is 97.0 Å². The first-order valence-corrected chi connectivity index (χ1v) is 14.5. The lowest BCUT2D eigenvalue weighted by Gasteiger charge is -2.64. The molecule has 0 N–H and O–H groups in total. The van der Waals surface area contributed by atoms with E-state index in [4.69, 9.17) is 4.74 Å². The largest absolute Gasteiger partial charge is 0.384 e. The molecule has 3 heterocycles. The molecule has 8 atom stereocenters. The molecule has 4 fully saturated rings. The van der Waals surface area contributed by atoms with E-state index in [1.165, 1.54) is 50.7 Å². The number of hydrogen-bond acceptors (Lipinski definition) is 3. The quantitative estimate of drug-likeness (QED) is 0.663. The van der Waals surface area contributed by atoms with E-state index in [9.17, 15) is 4.79 Å². The van der Waals surface area contributed by atoms with Crippen LogP contribution in [0.1, 0.15) is 58.3 Å². The van der Waals surface area contributed by atoms with Crippen LogP contribution in [0.15, 0.2) is 18.7 Å². The average Bonchev–Trinajstić information content (AvgIpc) is 3.35. The summed E-state index contributed by atoms with van der Waals surface area (Å²) in [6.07, 6.45) is 18.9. The van der Waals surface area contributed by atoms with Crippen LogP contribution in [0.25, 0.3) is 0 Å². The molecule has 30 heavy (non-hydrogen) atoms. The van der Waals surface area contributed by atoms with Crippen molar-refractivity contribution in [1.29, 1.82) is 0 Å². The highest BCUT2D eigenvalue weighted by Gasteiger charge is 2.59. The van der Waals surface area contributed by atoms with Gasteiger partial charge in [0.2, 0.25) is 0 Å². The van der Waals surface area contributed by atoms with Gasteiger partial charge in [-0.2, -0.15) is 0 Å². The topological polar surface area (TPSA) is 44.1 Å². The van der Waals surface area contributed by atoms with Crippen LogP contribution in [0.4, 0.5) is 0 Å². The van der Waals surface area contributed by atoms with Gasteiger partial charge in [-0.1, -0.05) is 6.92 Å². The van der Waals surface area contributed by atoms with Crippen molar-refractivity contribution < 1.29 is 9.53 Å². The summed E-state index contributed by atoms with van der Waals surface area (Å²) in [5, 5.41) is 1.93. The molecule has 7 unspecified atom stereocenters. The number of hydrogen-bond donors (Lipinski definition) is 0. The second-order valence-corrected chi connectivity index (χ2v) is 15.3. The van der Waals surface area contributed by atoms with E-state index in [2.05, 4.69) is 18.2 Å². The van der Waals surface area contributed by atoms with Crippen molar-refractivity contribution in [1.82, 2.24) is 9.55 Å². The zero-order valence-electron chi connectivity index (χ0n) is 19.1. The maximum atomic E-state index is 13.3. The Kier molecular flexibility index (Phi) is 5.58. The smallest absolute Gasteiger partial charge is 0.156 e. The first-order chi connectivity index (χ1) is 14.5. The molecule has 4 nitrogen and oxygen atoms in total. The summed E-state index contributed by atoms with van der Waals surface area (Å²) >= 11 is 0. The fraction of sp³-hybridized carbons (Fsp3) is 0.840. The number of methoxy groups -OCH3 is 1. The number of imidazole rings is 1.